The first kappa shape index (κ1) is 12.9. The predicted molar refractivity (Wildman–Crippen MR) is 71.8 cm³/mol. The summed E-state index contributed by atoms with van der Waals surface area (Å²) in [6.07, 6.45) is 3.40. The van der Waals surface area contributed by atoms with Crippen molar-refractivity contribution >= 4 is 16.7 Å². The zero-order valence-electron chi connectivity index (χ0n) is 10.9. The Morgan fingerprint density at radius 3 is 2.83 bits per heavy atom. The first-order valence-electron chi connectivity index (χ1n) is 5.98. The Balaban J connectivity index is 1.75. The van der Waals surface area contributed by atoms with Crippen LogP contribution in [0.4, 0.5) is 5.13 Å². The van der Waals surface area contributed by atoms with E-state index in [0.717, 1.165) is 36.2 Å². The molecule has 0 radical (unpaired) electrons. The summed E-state index contributed by atoms with van der Waals surface area (Å²) < 4.78 is 4.36. The minimum absolute atomic E-state index is 0.0102. The third-order valence-electron chi connectivity index (χ3n) is 2.43. The van der Waals surface area contributed by atoms with E-state index in [1.165, 1.54) is 17.9 Å². The van der Waals surface area contributed by atoms with Crippen molar-refractivity contribution in [3.63, 3.8) is 0 Å². The van der Waals surface area contributed by atoms with Crippen LogP contribution < -0.4 is 5.32 Å². The number of aromatic amines is 1. The number of hydrogen-bond donors (Lipinski definition) is 2. The zero-order valence-corrected chi connectivity index (χ0v) is 11.7. The molecule has 0 amide bonds. The maximum atomic E-state index is 4.48. The standard InChI is InChI=1S/C11H18N6S/c1-11(2,3)9-15-10(18-17-9)12-6-4-5-8-13-7-14-16-8/h7H,4-6H2,1-3H3,(H,12,15,17)(H,13,14,16). The van der Waals surface area contributed by atoms with Crippen LogP contribution in [0.2, 0.25) is 0 Å². The molecule has 0 saturated heterocycles. The van der Waals surface area contributed by atoms with Gasteiger partial charge in [0.25, 0.3) is 0 Å². The van der Waals surface area contributed by atoms with Gasteiger partial charge in [-0.1, -0.05) is 20.8 Å². The topological polar surface area (TPSA) is 79.4 Å². The fourth-order valence-electron chi connectivity index (χ4n) is 1.40. The van der Waals surface area contributed by atoms with Crippen molar-refractivity contribution in [2.75, 3.05) is 11.9 Å². The van der Waals surface area contributed by atoms with Gasteiger partial charge in [0.1, 0.15) is 18.0 Å². The second-order valence-electron chi connectivity index (χ2n) is 5.14. The van der Waals surface area contributed by atoms with Gasteiger partial charge in [-0.2, -0.15) is 9.47 Å². The molecule has 0 unspecified atom stereocenters. The van der Waals surface area contributed by atoms with Crippen molar-refractivity contribution in [3.05, 3.63) is 18.0 Å². The highest BCUT2D eigenvalue weighted by Gasteiger charge is 2.19. The molecule has 7 heteroatoms. The molecule has 0 spiro atoms. The normalized spacial score (nSPS) is 11.7. The maximum Gasteiger partial charge on any atom is 0.202 e. The molecule has 2 N–H and O–H groups in total. The highest BCUT2D eigenvalue weighted by molar-refractivity contribution is 7.09. The second-order valence-corrected chi connectivity index (χ2v) is 5.89. The van der Waals surface area contributed by atoms with E-state index >= 15 is 0 Å². The minimum Gasteiger partial charge on any atom is -0.360 e. The number of hydrogen-bond acceptors (Lipinski definition) is 6. The molecule has 18 heavy (non-hydrogen) atoms. The summed E-state index contributed by atoms with van der Waals surface area (Å²) in [5.41, 5.74) is 0.0102. The number of aromatic nitrogens is 5. The molecule has 98 valence electrons. The number of H-pyrrole nitrogens is 1. The van der Waals surface area contributed by atoms with Crippen molar-refractivity contribution in [2.24, 2.45) is 0 Å². The van der Waals surface area contributed by atoms with Crippen LogP contribution in [-0.4, -0.2) is 31.1 Å². The molecule has 0 aliphatic carbocycles. The summed E-state index contributed by atoms with van der Waals surface area (Å²) in [6.45, 7) is 7.20. The predicted octanol–water partition coefficient (Wildman–Crippen LogP) is 2.00. The fourth-order valence-corrected chi connectivity index (χ4v) is 2.18. The monoisotopic (exact) mass is 266 g/mol. The van der Waals surface area contributed by atoms with E-state index in [4.69, 9.17) is 0 Å². The molecule has 0 fully saturated rings. The average molecular weight is 266 g/mol. The summed E-state index contributed by atoms with van der Waals surface area (Å²) in [5.74, 6) is 1.81. The third-order valence-corrected chi connectivity index (χ3v) is 3.10. The van der Waals surface area contributed by atoms with Crippen LogP contribution in [0.25, 0.3) is 0 Å². The van der Waals surface area contributed by atoms with Crippen LogP contribution in [-0.2, 0) is 11.8 Å². The number of nitrogens with one attached hydrogen (secondary N) is 2. The van der Waals surface area contributed by atoms with E-state index in [9.17, 15) is 0 Å². The lowest BCUT2D eigenvalue weighted by Crippen LogP contribution is -2.13. The zero-order chi connectivity index (χ0) is 13.0. The van der Waals surface area contributed by atoms with E-state index in [1.54, 1.807) is 0 Å². The van der Waals surface area contributed by atoms with Gasteiger partial charge in [-0.15, -0.1) is 0 Å². The number of anilines is 1. The van der Waals surface area contributed by atoms with Crippen LogP contribution in [0.5, 0.6) is 0 Å². The Morgan fingerprint density at radius 2 is 2.22 bits per heavy atom. The highest BCUT2D eigenvalue weighted by Crippen LogP contribution is 2.22. The van der Waals surface area contributed by atoms with Gasteiger partial charge in [-0.05, 0) is 6.42 Å². The van der Waals surface area contributed by atoms with Gasteiger partial charge in [0.05, 0.1) is 0 Å². The number of aryl methyl sites for hydroxylation is 1. The molecule has 2 aromatic rings. The van der Waals surface area contributed by atoms with Gasteiger partial charge < -0.3 is 5.32 Å². The van der Waals surface area contributed by atoms with Crippen LogP contribution in [0.15, 0.2) is 6.33 Å². The van der Waals surface area contributed by atoms with Gasteiger partial charge in [-0.3, -0.25) is 5.10 Å². The molecule has 6 nitrogen and oxygen atoms in total. The molecule has 0 atom stereocenters. The van der Waals surface area contributed by atoms with E-state index in [-0.39, 0.29) is 5.41 Å². The van der Waals surface area contributed by atoms with Gasteiger partial charge in [-0.25, -0.2) is 9.97 Å². The molecule has 2 heterocycles. The van der Waals surface area contributed by atoms with Crippen LogP contribution in [0.1, 0.15) is 38.8 Å². The van der Waals surface area contributed by atoms with Crippen molar-refractivity contribution in [1.29, 1.82) is 0 Å². The van der Waals surface area contributed by atoms with Crippen molar-refractivity contribution < 1.29 is 0 Å². The van der Waals surface area contributed by atoms with E-state index in [1.807, 2.05) is 0 Å². The van der Waals surface area contributed by atoms with Gasteiger partial charge in [0.15, 0.2) is 0 Å². The Kier molecular flexibility index (Phi) is 3.90. The Bertz CT molecular complexity index is 470. The highest BCUT2D eigenvalue weighted by atomic mass is 32.1. The molecule has 2 rings (SSSR count). The molecule has 0 bridgehead atoms. The summed E-state index contributed by atoms with van der Waals surface area (Å²) in [6, 6.07) is 0. The largest absolute Gasteiger partial charge is 0.360 e. The molecule has 0 aliphatic heterocycles. The van der Waals surface area contributed by atoms with E-state index in [2.05, 4.69) is 50.6 Å². The van der Waals surface area contributed by atoms with E-state index in [0.29, 0.717) is 0 Å². The first-order valence-corrected chi connectivity index (χ1v) is 6.75. The Labute approximate surface area is 110 Å². The minimum atomic E-state index is 0.0102. The van der Waals surface area contributed by atoms with Gasteiger partial charge >= 0.3 is 0 Å². The van der Waals surface area contributed by atoms with Crippen molar-refractivity contribution in [3.8, 4) is 0 Å². The quantitative estimate of drug-likeness (QED) is 0.809. The van der Waals surface area contributed by atoms with E-state index < -0.39 is 0 Å². The molecule has 0 aromatic carbocycles. The fraction of sp³-hybridized carbons (Fsp3) is 0.636. The molecule has 2 aromatic heterocycles. The lowest BCUT2D eigenvalue weighted by Gasteiger charge is -2.12. The molecular weight excluding hydrogens is 248 g/mol. The van der Waals surface area contributed by atoms with Gasteiger partial charge in [0, 0.05) is 29.9 Å². The smallest absolute Gasteiger partial charge is 0.202 e. The summed E-state index contributed by atoms with van der Waals surface area (Å²) in [4.78, 5) is 8.55. The van der Waals surface area contributed by atoms with Crippen LogP contribution >= 0.6 is 11.5 Å². The first-order chi connectivity index (χ1) is 8.55. The number of nitrogens with zero attached hydrogens (tertiary/aromatic N) is 4. The van der Waals surface area contributed by atoms with Crippen LogP contribution in [0, 0.1) is 0 Å². The lowest BCUT2D eigenvalue weighted by molar-refractivity contribution is 0.555. The summed E-state index contributed by atoms with van der Waals surface area (Å²) in [5, 5.41) is 10.8. The van der Waals surface area contributed by atoms with Crippen molar-refractivity contribution in [2.45, 2.75) is 39.0 Å². The summed E-state index contributed by atoms with van der Waals surface area (Å²) >= 11 is 1.42. The van der Waals surface area contributed by atoms with Crippen LogP contribution in [0.3, 0.4) is 0 Å². The molecule has 0 saturated carbocycles. The average Bonchev–Trinajstić information content (AvgIpc) is 2.95. The van der Waals surface area contributed by atoms with Gasteiger partial charge in [0.2, 0.25) is 5.13 Å². The summed E-state index contributed by atoms with van der Waals surface area (Å²) in [7, 11) is 0. The van der Waals surface area contributed by atoms with Crippen molar-refractivity contribution in [1.82, 2.24) is 24.5 Å². The number of rotatable bonds is 5. The Hall–Kier alpha value is -1.50. The third kappa shape index (κ3) is 3.49. The lowest BCUT2D eigenvalue weighted by atomic mass is 9.96. The SMILES string of the molecule is CC(C)(C)c1nsc(NCCCc2ncn[nH]2)n1. The molecule has 0 aliphatic rings. The maximum absolute atomic E-state index is 4.48. The molecular formula is C11H18N6S. The Morgan fingerprint density at radius 1 is 1.39 bits per heavy atom. The second kappa shape index (κ2) is 5.43.